The molecule has 1 unspecified atom stereocenters. The molecule has 1 spiro atoms. The van der Waals surface area contributed by atoms with Crippen molar-refractivity contribution in [1.29, 1.82) is 0 Å². The minimum Gasteiger partial charge on any atom is -0.311 e. The summed E-state index contributed by atoms with van der Waals surface area (Å²) in [7, 11) is 0. The molecular formula is C87H73N. The zero-order chi connectivity index (χ0) is 60.1. The van der Waals surface area contributed by atoms with Crippen LogP contribution < -0.4 is 4.90 Å². The molecular weight excluding hydrogens is 1060 g/mol. The number of anilines is 2. The number of hydrogen-bond acceptors (Lipinski definition) is 1. The van der Waals surface area contributed by atoms with E-state index < -0.39 is 10.8 Å². The summed E-state index contributed by atoms with van der Waals surface area (Å²) in [5.74, 6) is 0. The van der Waals surface area contributed by atoms with Crippen molar-refractivity contribution in [3.63, 3.8) is 0 Å². The van der Waals surface area contributed by atoms with Gasteiger partial charge in [-0.05, 0) is 225 Å². The van der Waals surface area contributed by atoms with Crippen LogP contribution in [-0.4, -0.2) is 0 Å². The summed E-state index contributed by atoms with van der Waals surface area (Å²) in [6.07, 6.45) is 14.5. The molecule has 0 aliphatic heterocycles. The number of benzene rings is 10. The van der Waals surface area contributed by atoms with Gasteiger partial charge in [-0.1, -0.05) is 260 Å². The van der Waals surface area contributed by atoms with E-state index in [-0.39, 0.29) is 5.41 Å². The summed E-state index contributed by atoms with van der Waals surface area (Å²) in [6, 6.07) is 78.2. The highest BCUT2D eigenvalue weighted by Crippen LogP contribution is 2.71. The van der Waals surface area contributed by atoms with Crippen LogP contribution in [0.25, 0.3) is 90.1 Å². The lowest BCUT2D eigenvalue weighted by molar-refractivity contribution is 0.428. The number of allylic oxidation sites excluding steroid dienone is 7. The Morgan fingerprint density at radius 3 is 1.58 bits per heavy atom. The van der Waals surface area contributed by atoms with E-state index in [2.05, 4.69) is 311 Å². The molecule has 6 aliphatic carbocycles. The van der Waals surface area contributed by atoms with E-state index in [0.29, 0.717) is 0 Å². The highest BCUT2D eigenvalue weighted by Gasteiger charge is 2.57. The standard InChI is InChI=1S/C87H73N/c1-52-46-70-64-37-21-17-32-58(64)48-72(70)77(54(52)3)79-69(67-40-24-23-35-62(67)56-28-13-11-14-29-56)44-43-61-51-75-80(78(61)79)81(85(5,6)7)82(86(8,9)10)84(87(75)45-27-41-68-63-36-20-19-34-60(63)50-74(68)87)88(76-42-26-25-39-66(76)57-30-15-12-16-31-57)83-55(4)53(2)47-71-65-38-22-18-33-59(65)49-73(71)83/h11-47,50-51H,48-49H2,1-10H3. The first-order valence-electron chi connectivity index (χ1n) is 31.8. The zero-order valence-electron chi connectivity index (χ0n) is 52.4. The van der Waals surface area contributed by atoms with Crippen LogP contribution in [0.1, 0.15) is 108 Å². The van der Waals surface area contributed by atoms with Crippen LogP contribution >= 0.6 is 0 Å². The van der Waals surface area contributed by atoms with Gasteiger partial charge in [-0.3, -0.25) is 0 Å². The fourth-order valence-corrected chi connectivity index (χ4v) is 16.5. The number of hydrogen-bond donors (Lipinski definition) is 0. The molecule has 0 bridgehead atoms. The lowest BCUT2D eigenvalue weighted by Crippen LogP contribution is -2.43. The molecule has 1 heteroatoms. The fraction of sp³-hybridized carbons (Fsp3) is 0.172. The molecule has 1 atom stereocenters. The number of rotatable bonds is 7. The van der Waals surface area contributed by atoms with Crippen LogP contribution in [0.5, 0.6) is 0 Å². The minimum atomic E-state index is -0.841. The van der Waals surface area contributed by atoms with E-state index in [1.165, 1.54) is 184 Å². The maximum atomic E-state index is 2.86. The Balaban J connectivity index is 1.12. The van der Waals surface area contributed by atoms with Crippen LogP contribution in [0.2, 0.25) is 0 Å². The second-order valence-electron chi connectivity index (χ2n) is 27.6. The summed E-state index contributed by atoms with van der Waals surface area (Å²) in [6.45, 7) is 24.6. The minimum absolute atomic E-state index is 0.380. The fourth-order valence-electron chi connectivity index (χ4n) is 16.5. The highest BCUT2D eigenvalue weighted by molar-refractivity contribution is 6.14. The quantitative estimate of drug-likeness (QED) is 0.154. The first-order valence-corrected chi connectivity index (χ1v) is 31.8. The van der Waals surface area contributed by atoms with E-state index >= 15 is 0 Å². The van der Waals surface area contributed by atoms with Crippen molar-refractivity contribution < 1.29 is 0 Å². The van der Waals surface area contributed by atoms with Gasteiger partial charge in [0.05, 0.1) is 16.8 Å². The maximum Gasteiger partial charge on any atom is 0.0807 e. The van der Waals surface area contributed by atoms with E-state index in [1.54, 1.807) is 0 Å². The SMILES string of the molecule is Cc1cc2c(c(-c3c(-c4ccccc4-c4ccccc4)ccc4c3C3=C(C(C)(C)C)C(C(C)(C)C)=C(N(c5ccccc5-c5ccccc5)c5c(C)c(C)cc6c5Cc5ccccc5-6)C5(C=CC=C6C5=Cc5ccccc56)C3=C4)c1C)Cc1ccccc1-2. The molecule has 0 amide bonds. The lowest BCUT2D eigenvalue weighted by atomic mass is 9.55. The van der Waals surface area contributed by atoms with Crippen LogP contribution in [0.4, 0.5) is 11.4 Å². The van der Waals surface area contributed by atoms with E-state index in [0.717, 1.165) is 12.8 Å². The first-order chi connectivity index (χ1) is 42.6. The number of para-hydroxylation sites is 1. The van der Waals surface area contributed by atoms with Crippen LogP contribution in [0.15, 0.2) is 252 Å². The van der Waals surface area contributed by atoms with Gasteiger partial charge in [0.2, 0.25) is 0 Å². The van der Waals surface area contributed by atoms with Gasteiger partial charge >= 0.3 is 0 Å². The molecule has 426 valence electrons. The van der Waals surface area contributed by atoms with Crippen molar-refractivity contribution >= 4 is 34.7 Å². The van der Waals surface area contributed by atoms with E-state index in [4.69, 9.17) is 0 Å². The normalized spacial score (nSPS) is 16.5. The predicted molar refractivity (Wildman–Crippen MR) is 373 cm³/mol. The number of aryl methyl sites for hydroxylation is 2. The number of fused-ring (bicyclic) bond motifs is 14. The largest absolute Gasteiger partial charge is 0.311 e. The Kier molecular flexibility index (Phi) is 12.1. The molecule has 0 N–H and O–H groups in total. The Morgan fingerprint density at radius 1 is 0.398 bits per heavy atom. The Bertz CT molecular complexity index is 4870. The highest BCUT2D eigenvalue weighted by atomic mass is 15.2. The molecule has 0 heterocycles. The third-order valence-corrected chi connectivity index (χ3v) is 20.4. The summed E-state index contributed by atoms with van der Waals surface area (Å²) >= 11 is 0. The molecule has 10 aromatic rings. The molecule has 0 saturated heterocycles. The molecule has 10 aromatic carbocycles. The molecule has 0 saturated carbocycles. The van der Waals surface area contributed by atoms with Gasteiger partial charge in [0.25, 0.3) is 0 Å². The van der Waals surface area contributed by atoms with Crippen molar-refractivity contribution in [3.05, 3.63) is 319 Å². The molecule has 0 radical (unpaired) electrons. The average molecular weight is 1130 g/mol. The van der Waals surface area contributed by atoms with Crippen molar-refractivity contribution in [3.8, 4) is 66.8 Å². The predicted octanol–water partition coefficient (Wildman–Crippen LogP) is 23.1. The monoisotopic (exact) mass is 1130 g/mol. The average Bonchev–Trinajstić information content (AvgIpc) is 1.36. The first kappa shape index (κ1) is 53.9. The van der Waals surface area contributed by atoms with Crippen LogP contribution in [-0.2, 0) is 12.8 Å². The van der Waals surface area contributed by atoms with E-state index in [9.17, 15) is 0 Å². The molecule has 0 aromatic heterocycles. The summed E-state index contributed by atoms with van der Waals surface area (Å²) in [4.78, 5) is 2.86. The van der Waals surface area contributed by atoms with Crippen molar-refractivity contribution in [1.82, 2.24) is 0 Å². The topological polar surface area (TPSA) is 3.24 Å². The lowest BCUT2D eigenvalue weighted by Gasteiger charge is -2.53. The van der Waals surface area contributed by atoms with Gasteiger partial charge in [0.15, 0.2) is 0 Å². The summed E-state index contributed by atoms with van der Waals surface area (Å²) < 4.78 is 0. The Hall–Kier alpha value is -9.56. The summed E-state index contributed by atoms with van der Waals surface area (Å²) in [5, 5.41) is 0. The third-order valence-electron chi connectivity index (χ3n) is 20.4. The molecule has 1 nitrogen and oxygen atoms in total. The van der Waals surface area contributed by atoms with E-state index in [1.807, 2.05) is 0 Å². The van der Waals surface area contributed by atoms with Gasteiger partial charge in [0.1, 0.15) is 0 Å². The summed E-state index contributed by atoms with van der Waals surface area (Å²) in [5.41, 5.74) is 41.6. The van der Waals surface area contributed by atoms with Gasteiger partial charge in [-0.15, -0.1) is 0 Å². The molecule has 6 aliphatic rings. The van der Waals surface area contributed by atoms with Gasteiger partial charge in [-0.25, -0.2) is 0 Å². The second kappa shape index (κ2) is 19.7. The molecule has 88 heavy (non-hydrogen) atoms. The van der Waals surface area contributed by atoms with Gasteiger partial charge < -0.3 is 4.90 Å². The third kappa shape index (κ3) is 7.85. The van der Waals surface area contributed by atoms with Crippen LogP contribution in [0, 0.1) is 43.9 Å². The van der Waals surface area contributed by atoms with Crippen LogP contribution in [0.3, 0.4) is 0 Å². The van der Waals surface area contributed by atoms with Crippen molar-refractivity contribution in [2.24, 2.45) is 16.2 Å². The zero-order valence-corrected chi connectivity index (χ0v) is 52.4. The number of nitrogens with zero attached hydrogens (tertiary/aromatic N) is 1. The van der Waals surface area contributed by atoms with Gasteiger partial charge in [0, 0.05) is 17.7 Å². The Labute approximate surface area is 520 Å². The smallest absolute Gasteiger partial charge is 0.0807 e. The maximum absolute atomic E-state index is 2.86. The molecule has 16 rings (SSSR count). The second-order valence-corrected chi connectivity index (χ2v) is 27.6. The van der Waals surface area contributed by atoms with Crippen molar-refractivity contribution in [2.75, 3.05) is 4.90 Å². The van der Waals surface area contributed by atoms with Gasteiger partial charge in [-0.2, -0.15) is 0 Å². The Morgan fingerprint density at radius 2 is 0.920 bits per heavy atom. The molecule has 0 fully saturated rings. The van der Waals surface area contributed by atoms with Crippen molar-refractivity contribution in [2.45, 2.75) is 82.1 Å².